The van der Waals surface area contributed by atoms with E-state index in [9.17, 15) is 5.11 Å². The van der Waals surface area contributed by atoms with Crippen molar-refractivity contribution in [1.82, 2.24) is 19.5 Å². The molecule has 5 rings (SSSR count). The minimum absolute atomic E-state index is 0.107. The van der Waals surface area contributed by atoms with Gasteiger partial charge in [-0.25, -0.2) is 4.98 Å². The lowest BCUT2D eigenvalue weighted by molar-refractivity contribution is 0.210. The largest absolute Gasteiger partial charge is 0.497 e. The fourth-order valence-corrected chi connectivity index (χ4v) is 5.62. The number of aromatic nitrogens is 3. The Bertz CT molecular complexity index is 1240. The second kappa shape index (κ2) is 8.92. The van der Waals surface area contributed by atoms with Gasteiger partial charge in [0.15, 0.2) is 0 Å². The molecule has 1 fully saturated rings. The van der Waals surface area contributed by atoms with Gasteiger partial charge in [-0.1, -0.05) is 35.6 Å². The maximum Gasteiger partial charge on any atom is 0.230 e. The number of anilines is 1. The van der Waals surface area contributed by atoms with Crippen LogP contribution in [0.25, 0.3) is 4.96 Å². The summed E-state index contributed by atoms with van der Waals surface area (Å²) in [6.45, 7) is 5.21. The molecule has 1 saturated heterocycles. The van der Waals surface area contributed by atoms with Gasteiger partial charge in [0.05, 0.1) is 30.8 Å². The molecule has 3 heterocycles. The highest BCUT2D eigenvalue weighted by atomic mass is 32.1. The number of fused-ring (bicyclic) bond motifs is 1. The summed E-state index contributed by atoms with van der Waals surface area (Å²) in [6.07, 6.45) is 0. The first-order chi connectivity index (χ1) is 16.1. The molecule has 4 aromatic rings. The van der Waals surface area contributed by atoms with Gasteiger partial charge in [0.1, 0.15) is 17.3 Å². The molecule has 1 unspecified atom stereocenters. The smallest absolute Gasteiger partial charge is 0.230 e. The zero-order valence-corrected chi connectivity index (χ0v) is 19.7. The molecule has 9 heteroatoms. The van der Waals surface area contributed by atoms with Crippen LogP contribution in [0.2, 0.25) is 0 Å². The van der Waals surface area contributed by atoms with E-state index in [4.69, 9.17) is 9.47 Å². The van der Waals surface area contributed by atoms with Crippen LogP contribution in [0.3, 0.4) is 0 Å². The van der Waals surface area contributed by atoms with E-state index >= 15 is 0 Å². The Hall–Kier alpha value is -3.30. The van der Waals surface area contributed by atoms with Crippen LogP contribution in [0.1, 0.15) is 22.3 Å². The predicted octanol–water partition coefficient (Wildman–Crippen LogP) is 3.73. The lowest BCUT2D eigenvalue weighted by atomic mass is 10.0. The average Bonchev–Trinajstić information content (AvgIpc) is 3.37. The molecule has 0 spiro atoms. The van der Waals surface area contributed by atoms with Gasteiger partial charge in [0.25, 0.3) is 0 Å². The first-order valence-electron chi connectivity index (χ1n) is 10.9. The predicted molar refractivity (Wildman–Crippen MR) is 129 cm³/mol. The standard InChI is InChI=1S/C24H27N5O3S/c1-16-25-24-29(26-16)23(30)22(33-24)21(17-8-10-18(31-2)11-9-17)28-14-12-27(13-15-28)19-6-4-5-7-20(19)32-3/h4-11,21,30H,12-15H2,1-3H3. The number of rotatable bonds is 6. The van der Waals surface area contributed by atoms with E-state index in [1.807, 2.05) is 37.3 Å². The van der Waals surface area contributed by atoms with Crippen LogP contribution in [0.15, 0.2) is 48.5 Å². The van der Waals surface area contributed by atoms with E-state index < -0.39 is 0 Å². The Kier molecular flexibility index (Phi) is 5.82. The molecule has 1 aliphatic rings. The van der Waals surface area contributed by atoms with Crippen LogP contribution in [-0.4, -0.2) is 65.0 Å². The van der Waals surface area contributed by atoms with Crippen LogP contribution < -0.4 is 14.4 Å². The van der Waals surface area contributed by atoms with E-state index in [1.54, 1.807) is 14.2 Å². The molecule has 0 saturated carbocycles. The maximum absolute atomic E-state index is 11.1. The van der Waals surface area contributed by atoms with Gasteiger partial charge in [-0.3, -0.25) is 4.90 Å². The quantitative estimate of drug-likeness (QED) is 0.465. The van der Waals surface area contributed by atoms with E-state index in [0.717, 1.165) is 53.8 Å². The normalized spacial score (nSPS) is 15.7. The van der Waals surface area contributed by atoms with Gasteiger partial charge in [-0.05, 0) is 36.8 Å². The van der Waals surface area contributed by atoms with Crippen LogP contribution in [0.4, 0.5) is 5.69 Å². The molecule has 1 aliphatic heterocycles. The number of nitrogens with zero attached hydrogens (tertiary/aromatic N) is 5. The van der Waals surface area contributed by atoms with Gasteiger partial charge in [-0.2, -0.15) is 4.52 Å². The number of aromatic hydroxyl groups is 1. The number of hydrogen-bond donors (Lipinski definition) is 1. The van der Waals surface area contributed by atoms with Gasteiger partial charge in [0.2, 0.25) is 10.8 Å². The van der Waals surface area contributed by atoms with Gasteiger partial charge >= 0.3 is 0 Å². The fourth-order valence-electron chi connectivity index (χ4n) is 4.45. The molecule has 172 valence electrons. The lowest BCUT2D eigenvalue weighted by Crippen LogP contribution is -2.48. The molecule has 0 amide bonds. The first-order valence-corrected chi connectivity index (χ1v) is 11.7. The summed E-state index contributed by atoms with van der Waals surface area (Å²) < 4.78 is 12.5. The number of para-hydroxylation sites is 2. The van der Waals surface area contributed by atoms with Gasteiger partial charge < -0.3 is 19.5 Å². The number of hydrogen-bond acceptors (Lipinski definition) is 8. The molecule has 2 aromatic heterocycles. The monoisotopic (exact) mass is 465 g/mol. The summed E-state index contributed by atoms with van der Waals surface area (Å²) in [6, 6.07) is 16.1. The van der Waals surface area contributed by atoms with Crippen LogP contribution in [-0.2, 0) is 0 Å². The van der Waals surface area contributed by atoms with Gasteiger partial charge in [-0.15, -0.1) is 5.10 Å². The summed E-state index contributed by atoms with van der Waals surface area (Å²) in [5.41, 5.74) is 2.20. The molecule has 1 atom stereocenters. The van der Waals surface area contributed by atoms with Crippen molar-refractivity contribution in [2.45, 2.75) is 13.0 Å². The molecule has 0 aliphatic carbocycles. The van der Waals surface area contributed by atoms with E-state index in [1.165, 1.54) is 15.9 Å². The Morgan fingerprint density at radius 1 is 0.970 bits per heavy atom. The Balaban J connectivity index is 1.47. The summed E-state index contributed by atoms with van der Waals surface area (Å²) >= 11 is 1.49. The Labute approximate surface area is 196 Å². The van der Waals surface area contributed by atoms with Crippen LogP contribution in [0, 0.1) is 6.92 Å². The number of aryl methyl sites for hydroxylation is 1. The SMILES string of the molecule is COc1ccc(C(c2sc3nc(C)nn3c2O)N2CCN(c3ccccc3OC)CC2)cc1. The minimum Gasteiger partial charge on any atom is -0.497 e. The van der Waals surface area contributed by atoms with Crippen molar-refractivity contribution in [2.75, 3.05) is 45.3 Å². The molecule has 0 bridgehead atoms. The lowest BCUT2D eigenvalue weighted by Gasteiger charge is -2.40. The highest BCUT2D eigenvalue weighted by Gasteiger charge is 2.32. The summed E-state index contributed by atoms with van der Waals surface area (Å²) in [5.74, 6) is 2.50. The zero-order chi connectivity index (χ0) is 22.9. The molecule has 0 radical (unpaired) electrons. The van der Waals surface area contributed by atoms with E-state index in [0.29, 0.717) is 10.8 Å². The van der Waals surface area contributed by atoms with Crippen molar-refractivity contribution in [3.8, 4) is 17.4 Å². The average molecular weight is 466 g/mol. The van der Waals surface area contributed by atoms with E-state index in [2.05, 4.69) is 38.1 Å². The highest BCUT2D eigenvalue weighted by molar-refractivity contribution is 7.17. The number of benzene rings is 2. The van der Waals surface area contributed by atoms with Crippen molar-refractivity contribution in [3.05, 3.63) is 64.8 Å². The van der Waals surface area contributed by atoms with Crippen LogP contribution >= 0.6 is 11.3 Å². The minimum atomic E-state index is -0.107. The van der Waals surface area contributed by atoms with Crippen molar-refractivity contribution in [1.29, 1.82) is 0 Å². The second-order valence-corrected chi connectivity index (χ2v) is 9.02. The Morgan fingerprint density at radius 3 is 2.36 bits per heavy atom. The third kappa shape index (κ3) is 3.98. The summed E-state index contributed by atoms with van der Waals surface area (Å²) in [4.78, 5) is 10.8. The molecular weight excluding hydrogens is 438 g/mol. The van der Waals surface area contributed by atoms with Crippen molar-refractivity contribution in [2.24, 2.45) is 0 Å². The molecule has 2 aromatic carbocycles. The number of methoxy groups -OCH3 is 2. The second-order valence-electron chi connectivity index (χ2n) is 8.01. The van der Waals surface area contributed by atoms with E-state index in [-0.39, 0.29) is 11.9 Å². The topological polar surface area (TPSA) is 75.4 Å². The van der Waals surface area contributed by atoms with Gasteiger partial charge in [0, 0.05) is 26.2 Å². The van der Waals surface area contributed by atoms with Crippen LogP contribution in [0.5, 0.6) is 17.4 Å². The highest BCUT2D eigenvalue weighted by Crippen LogP contribution is 2.41. The molecule has 1 N–H and O–H groups in total. The first kappa shape index (κ1) is 21.5. The molecule has 33 heavy (non-hydrogen) atoms. The van der Waals surface area contributed by atoms with Crippen molar-refractivity contribution in [3.63, 3.8) is 0 Å². The Morgan fingerprint density at radius 2 is 1.70 bits per heavy atom. The summed E-state index contributed by atoms with van der Waals surface area (Å²) in [5, 5.41) is 15.4. The summed E-state index contributed by atoms with van der Waals surface area (Å²) in [7, 11) is 3.37. The number of ether oxygens (including phenoxy) is 2. The maximum atomic E-state index is 11.1. The fraction of sp³-hybridized carbons (Fsp3) is 0.333. The molecule has 8 nitrogen and oxygen atoms in total. The third-order valence-corrected chi connectivity index (χ3v) is 7.16. The van der Waals surface area contributed by atoms with Crippen molar-refractivity contribution < 1.29 is 14.6 Å². The zero-order valence-electron chi connectivity index (χ0n) is 18.9. The van der Waals surface area contributed by atoms with Crippen molar-refractivity contribution >= 4 is 22.0 Å². The number of piperazine rings is 1. The third-order valence-electron chi connectivity index (χ3n) is 6.09. The molecular formula is C24H27N5O3S. The number of thiazole rings is 1.